The van der Waals surface area contributed by atoms with Gasteiger partial charge in [-0.1, -0.05) is 30.4 Å². The molecule has 26 heavy (non-hydrogen) atoms. The highest BCUT2D eigenvalue weighted by Gasteiger charge is 2.31. The number of allylic oxidation sites excluding steroid dienone is 4. The minimum Gasteiger partial charge on any atom is -0.420 e. The van der Waals surface area contributed by atoms with Gasteiger partial charge in [0.1, 0.15) is 5.82 Å². The molecule has 0 aromatic heterocycles. The molecule has 0 amide bonds. The van der Waals surface area contributed by atoms with Crippen LogP contribution < -0.4 is 9.64 Å². The Hall–Kier alpha value is -3.21. The standard InChI is InChI=1S/C21H15F2NO2/c1-24-17-8-4-2-6-14(17)20(15-7-3-5-9-18(15)24)21(25)26-19-11-10-13(22)12-16(19)23/h2-6,8-12H,7H2,1H3. The van der Waals surface area contributed by atoms with Gasteiger partial charge < -0.3 is 9.64 Å². The molecule has 0 saturated carbocycles. The molecule has 1 heterocycles. The van der Waals surface area contributed by atoms with Gasteiger partial charge in [0.05, 0.1) is 5.57 Å². The van der Waals surface area contributed by atoms with Crippen LogP contribution in [0.1, 0.15) is 12.0 Å². The molecular formula is C21H15F2NO2. The van der Waals surface area contributed by atoms with Gasteiger partial charge in [-0.3, -0.25) is 0 Å². The summed E-state index contributed by atoms with van der Waals surface area (Å²) < 4.78 is 32.3. The first-order chi connectivity index (χ1) is 12.6. The van der Waals surface area contributed by atoms with Crippen LogP contribution in [-0.4, -0.2) is 13.0 Å². The van der Waals surface area contributed by atoms with Crippen molar-refractivity contribution >= 4 is 17.2 Å². The summed E-state index contributed by atoms with van der Waals surface area (Å²) in [5, 5.41) is 0. The number of halogens is 2. The summed E-state index contributed by atoms with van der Waals surface area (Å²) in [7, 11) is 1.94. The lowest BCUT2D eigenvalue weighted by molar-refractivity contribution is -0.128. The van der Waals surface area contributed by atoms with E-state index >= 15 is 0 Å². The number of anilines is 1. The Morgan fingerprint density at radius 3 is 2.77 bits per heavy atom. The average molecular weight is 351 g/mol. The molecule has 2 aromatic rings. The largest absolute Gasteiger partial charge is 0.420 e. The van der Waals surface area contributed by atoms with Gasteiger partial charge in [0.25, 0.3) is 0 Å². The van der Waals surface area contributed by atoms with Crippen molar-refractivity contribution < 1.29 is 18.3 Å². The van der Waals surface area contributed by atoms with Gasteiger partial charge in [-0.05, 0) is 36.3 Å². The minimum atomic E-state index is -0.913. The van der Waals surface area contributed by atoms with E-state index in [0.29, 0.717) is 18.1 Å². The Bertz CT molecular complexity index is 1000. The zero-order chi connectivity index (χ0) is 18.3. The molecule has 130 valence electrons. The molecule has 3 nitrogen and oxygen atoms in total. The lowest BCUT2D eigenvalue weighted by Crippen LogP contribution is -2.28. The summed E-state index contributed by atoms with van der Waals surface area (Å²) in [5.41, 5.74) is 3.71. The number of carbonyl (C=O) groups excluding carboxylic acids is 1. The van der Waals surface area contributed by atoms with E-state index < -0.39 is 17.6 Å². The highest BCUT2D eigenvalue weighted by molar-refractivity contribution is 6.22. The fraction of sp³-hybridized carbons (Fsp3) is 0.0952. The molecule has 0 fully saturated rings. The van der Waals surface area contributed by atoms with E-state index in [9.17, 15) is 13.6 Å². The molecule has 0 unspecified atom stereocenters. The maximum atomic E-state index is 13.9. The molecule has 0 N–H and O–H groups in total. The summed E-state index contributed by atoms with van der Waals surface area (Å²) >= 11 is 0. The monoisotopic (exact) mass is 351 g/mol. The number of hydrogen-bond donors (Lipinski definition) is 0. The van der Waals surface area contributed by atoms with Gasteiger partial charge in [-0.15, -0.1) is 0 Å². The number of esters is 1. The van der Waals surface area contributed by atoms with Crippen LogP contribution in [0.25, 0.3) is 5.57 Å². The Labute approximate surface area is 149 Å². The molecule has 0 bridgehead atoms. The summed E-state index contributed by atoms with van der Waals surface area (Å²) in [6.45, 7) is 0. The Balaban J connectivity index is 1.81. The third-order valence-corrected chi connectivity index (χ3v) is 4.52. The molecule has 4 rings (SSSR count). The average Bonchev–Trinajstić information content (AvgIpc) is 2.64. The number of fused-ring (bicyclic) bond motifs is 2. The highest BCUT2D eigenvalue weighted by atomic mass is 19.1. The van der Waals surface area contributed by atoms with Crippen molar-refractivity contribution in [2.24, 2.45) is 0 Å². The number of para-hydroxylation sites is 1. The van der Waals surface area contributed by atoms with Crippen LogP contribution >= 0.6 is 0 Å². The molecule has 0 saturated heterocycles. The zero-order valence-corrected chi connectivity index (χ0v) is 14.0. The number of hydrogen-bond acceptors (Lipinski definition) is 3. The summed E-state index contributed by atoms with van der Waals surface area (Å²) in [4.78, 5) is 14.9. The topological polar surface area (TPSA) is 29.5 Å². The van der Waals surface area contributed by atoms with Crippen LogP contribution in [-0.2, 0) is 4.79 Å². The van der Waals surface area contributed by atoms with E-state index in [-0.39, 0.29) is 5.75 Å². The number of benzene rings is 2. The van der Waals surface area contributed by atoms with Crippen molar-refractivity contribution in [2.75, 3.05) is 11.9 Å². The lowest BCUT2D eigenvalue weighted by atomic mass is 9.87. The van der Waals surface area contributed by atoms with Crippen molar-refractivity contribution in [3.63, 3.8) is 0 Å². The Morgan fingerprint density at radius 2 is 1.96 bits per heavy atom. The molecule has 2 aliphatic rings. The zero-order valence-electron chi connectivity index (χ0n) is 14.0. The summed E-state index contributed by atoms with van der Waals surface area (Å²) in [6, 6.07) is 10.3. The fourth-order valence-corrected chi connectivity index (χ4v) is 3.31. The van der Waals surface area contributed by atoms with E-state index in [0.717, 1.165) is 34.7 Å². The quantitative estimate of drug-likeness (QED) is 0.584. The van der Waals surface area contributed by atoms with E-state index in [1.165, 1.54) is 0 Å². The van der Waals surface area contributed by atoms with Crippen molar-refractivity contribution in [2.45, 2.75) is 6.42 Å². The maximum Gasteiger partial charge on any atom is 0.344 e. The second kappa shape index (κ2) is 6.26. The molecule has 0 spiro atoms. The van der Waals surface area contributed by atoms with Gasteiger partial charge in [-0.25, -0.2) is 13.6 Å². The molecule has 0 radical (unpaired) electrons. The van der Waals surface area contributed by atoms with Crippen LogP contribution in [0, 0.1) is 11.6 Å². The van der Waals surface area contributed by atoms with Crippen LogP contribution in [0.5, 0.6) is 5.75 Å². The van der Waals surface area contributed by atoms with Crippen molar-refractivity contribution in [1.29, 1.82) is 0 Å². The third kappa shape index (κ3) is 2.62. The molecule has 5 heteroatoms. The lowest BCUT2D eigenvalue weighted by Gasteiger charge is -2.34. The second-order valence-electron chi connectivity index (χ2n) is 6.08. The Kier molecular flexibility index (Phi) is 3.92. The van der Waals surface area contributed by atoms with Crippen LogP contribution in [0.4, 0.5) is 14.5 Å². The molecule has 0 atom stereocenters. The van der Waals surface area contributed by atoms with Crippen LogP contribution in [0.3, 0.4) is 0 Å². The van der Waals surface area contributed by atoms with Gasteiger partial charge in [0, 0.05) is 30.1 Å². The van der Waals surface area contributed by atoms with Crippen molar-refractivity contribution in [3.05, 3.63) is 89.2 Å². The SMILES string of the molecule is CN1C2=CC=CCC2=C(C(=O)Oc2ccc(F)cc2F)c2ccccc21. The third-order valence-electron chi connectivity index (χ3n) is 4.52. The van der Waals surface area contributed by atoms with E-state index in [4.69, 9.17) is 4.74 Å². The van der Waals surface area contributed by atoms with Gasteiger partial charge in [-0.2, -0.15) is 0 Å². The van der Waals surface area contributed by atoms with Gasteiger partial charge in [0.15, 0.2) is 11.6 Å². The first kappa shape index (κ1) is 16.3. The van der Waals surface area contributed by atoms with Gasteiger partial charge >= 0.3 is 5.97 Å². The van der Waals surface area contributed by atoms with E-state index in [2.05, 4.69) is 0 Å². The minimum absolute atomic E-state index is 0.294. The molecule has 1 aliphatic heterocycles. The van der Waals surface area contributed by atoms with E-state index in [1.54, 1.807) is 0 Å². The molecule has 2 aromatic carbocycles. The predicted octanol–water partition coefficient (Wildman–Crippen LogP) is 4.62. The van der Waals surface area contributed by atoms with Crippen LogP contribution in [0.15, 0.2) is 72.0 Å². The number of likely N-dealkylation sites (N-methyl/N-ethyl adjacent to an activating group) is 1. The molecule has 1 aliphatic carbocycles. The first-order valence-corrected chi connectivity index (χ1v) is 8.17. The summed E-state index contributed by atoms with van der Waals surface area (Å²) in [6.07, 6.45) is 6.39. The van der Waals surface area contributed by atoms with Crippen molar-refractivity contribution in [3.8, 4) is 5.75 Å². The second-order valence-corrected chi connectivity index (χ2v) is 6.08. The van der Waals surface area contributed by atoms with Crippen LogP contribution in [0.2, 0.25) is 0 Å². The Morgan fingerprint density at radius 1 is 1.15 bits per heavy atom. The number of carbonyl (C=O) groups is 1. The number of ether oxygens (including phenoxy) is 1. The summed E-state index contributed by atoms with van der Waals surface area (Å²) in [5.74, 6) is -2.59. The normalized spacial score (nSPS) is 15.3. The maximum absolute atomic E-state index is 13.9. The van der Waals surface area contributed by atoms with E-state index in [1.807, 2.05) is 54.4 Å². The number of nitrogens with zero attached hydrogens (tertiary/aromatic N) is 1. The first-order valence-electron chi connectivity index (χ1n) is 8.17. The van der Waals surface area contributed by atoms with Gasteiger partial charge in [0.2, 0.25) is 0 Å². The predicted molar refractivity (Wildman–Crippen MR) is 95.6 cm³/mol. The smallest absolute Gasteiger partial charge is 0.344 e. The van der Waals surface area contributed by atoms with Crippen molar-refractivity contribution in [1.82, 2.24) is 0 Å². The highest BCUT2D eigenvalue weighted by Crippen LogP contribution is 2.42. The molecular weight excluding hydrogens is 336 g/mol. The fourth-order valence-electron chi connectivity index (χ4n) is 3.31. The number of rotatable bonds is 2.